The Morgan fingerprint density at radius 3 is 2.61 bits per heavy atom. The van der Waals surface area contributed by atoms with Gasteiger partial charge in [-0.15, -0.1) is 0 Å². The van der Waals surface area contributed by atoms with E-state index in [2.05, 4.69) is 0 Å². The molecule has 0 spiro atoms. The monoisotopic (exact) mass is 510 g/mol. The summed E-state index contributed by atoms with van der Waals surface area (Å²) in [6.45, 7) is 3.37. The number of piperidine rings is 1. The van der Waals surface area contributed by atoms with E-state index in [0.717, 1.165) is 40.6 Å². The third-order valence-corrected chi connectivity index (χ3v) is 6.94. The fraction of sp³-hybridized carbons (Fsp3) is 0.267. The number of ether oxygens (including phenoxy) is 2. The molecule has 2 aromatic carbocycles. The lowest BCUT2D eigenvalue weighted by molar-refractivity contribution is 0.0856. The maximum Gasteiger partial charge on any atom is 0.410 e. The normalized spacial score (nSPS) is 15.3. The summed E-state index contributed by atoms with van der Waals surface area (Å²) in [6, 6.07) is 21.0. The molecule has 38 heavy (non-hydrogen) atoms. The second-order valence-electron chi connectivity index (χ2n) is 9.54. The molecule has 0 radical (unpaired) electrons. The number of nitrogens with zero attached hydrogens (tertiary/aromatic N) is 3. The lowest BCUT2D eigenvalue weighted by atomic mass is 9.94. The van der Waals surface area contributed by atoms with Crippen LogP contribution in [-0.2, 0) is 11.3 Å². The summed E-state index contributed by atoms with van der Waals surface area (Å²) in [6.07, 6.45) is 1.50. The predicted octanol–water partition coefficient (Wildman–Crippen LogP) is 5.23. The molecule has 2 aromatic heterocycles. The van der Waals surface area contributed by atoms with E-state index in [0.29, 0.717) is 35.7 Å². The average molecular weight is 511 g/mol. The number of hydrogen-bond donors (Lipinski definition) is 1. The SMILES string of the molecule is COc1cc(C(N)=O)cc(C)c1-c1ccc2ccc(C3CCCN(C(=O)OCc4ccccc4)C3)nc2n1. The van der Waals surface area contributed by atoms with Crippen molar-refractivity contribution in [2.45, 2.75) is 32.3 Å². The molecule has 1 aliphatic rings. The number of methoxy groups -OCH3 is 1. The molecule has 1 fully saturated rings. The first kappa shape index (κ1) is 25.2. The zero-order valence-electron chi connectivity index (χ0n) is 21.5. The topological polar surface area (TPSA) is 108 Å². The number of primary amides is 1. The molecule has 2 N–H and O–H groups in total. The molecule has 1 saturated heterocycles. The van der Waals surface area contributed by atoms with Gasteiger partial charge in [-0.1, -0.05) is 30.3 Å². The zero-order valence-corrected chi connectivity index (χ0v) is 21.5. The molecule has 1 aliphatic heterocycles. The summed E-state index contributed by atoms with van der Waals surface area (Å²) in [5.41, 5.74) is 10.7. The van der Waals surface area contributed by atoms with E-state index in [4.69, 9.17) is 25.2 Å². The number of benzene rings is 2. The van der Waals surface area contributed by atoms with Gasteiger partial charge in [0.1, 0.15) is 12.4 Å². The first-order chi connectivity index (χ1) is 18.4. The third kappa shape index (κ3) is 5.29. The van der Waals surface area contributed by atoms with Gasteiger partial charge in [0.2, 0.25) is 5.91 Å². The first-order valence-electron chi connectivity index (χ1n) is 12.6. The lowest BCUT2D eigenvalue weighted by Crippen LogP contribution is -2.39. The minimum atomic E-state index is -0.513. The van der Waals surface area contributed by atoms with Crippen LogP contribution in [0.4, 0.5) is 4.79 Å². The van der Waals surface area contributed by atoms with E-state index in [9.17, 15) is 9.59 Å². The predicted molar refractivity (Wildman–Crippen MR) is 145 cm³/mol. The Kier molecular flexibility index (Phi) is 7.22. The number of carbonyl (C=O) groups is 2. The van der Waals surface area contributed by atoms with Crippen molar-refractivity contribution in [3.63, 3.8) is 0 Å². The molecule has 2 amide bonds. The van der Waals surface area contributed by atoms with Crippen molar-refractivity contribution in [3.8, 4) is 17.0 Å². The van der Waals surface area contributed by atoms with Crippen LogP contribution in [0.25, 0.3) is 22.3 Å². The second-order valence-corrected chi connectivity index (χ2v) is 9.54. The maximum absolute atomic E-state index is 12.8. The van der Waals surface area contributed by atoms with Crippen LogP contribution in [-0.4, -0.2) is 47.1 Å². The number of aryl methyl sites for hydroxylation is 1. The number of hydrogen-bond acceptors (Lipinski definition) is 6. The molecule has 194 valence electrons. The minimum absolute atomic E-state index is 0.0917. The van der Waals surface area contributed by atoms with Gasteiger partial charge in [-0.05, 0) is 67.3 Å². The smallest absolute Gasteiger partial charge is 0.410 e. The van der Waals surface area contributed by atoms with Crippen molar-refractivity contribution in [2.75, 3.05) is 20.2 Å². The fourth-order valence-electron chi connectivity index (χ4n) is 4.96. The van der Waals surface area contributed by atoms with E-state index in [1.54, 1.807) is 24.1 Å². The van der Waals surface area contributed by atoms with E-state index >= 15 is 0 Å². The molecule has 8 nitrogen and oxygen atoms in total. The van der Waals surface area contributed by atoms with Gasteiger partial charge in [-0.25, -0.2) is 14.8 Å². The minimum Gasteiger partial charge on any atom is -0.496 e. The highest BCUT2D eigenvalue weighted by Gasteiger charge is 2.27. The van der Waals surface area contributed by atoms with Gasteiger partial charge in [-0.3, -0.25) is 4.79 Å². The number of nitrogens with two attached hydrogens (primary N) is 1. The van der Waals surface area contributed by atoms with Crippen LogP contribution >= 0.6 is 0 Å². The number of pyridine rings is 2. The van der Waals surface area contributed by atoms with Gasteiger partial charge in [-0.2, -0.15) is 0 Å². The van der Waals surface area contributed by atoms with Crippen molar-refractivity contribution in [1.29, 1.82) is 0 Å². The highest BCUT2D eigenvalue weighted by Crippen LogP contribution is 2.34. The maximum atomic E-state index is 12.8. The Labute approximate surface area is 221 Å². The van der Waals surface area contributed by atoms with Crippen molar-refractivity contribution in [3.05, 3.63) is 89.1 Å². The first-order valence-corrected chi connectivity index (χ1v) is 12.6. The standard InChI is InChI=1S/C30H30N4O4/c1-19-15-23(28(31)35)16-26(37-2)27(19)25-13-11-21-10-12-24(32-29(21)33-25)22-9-6-14-34(17-22)30(36)38-18-20-7-4-3-5-8-20/h3-5,7-8,10-13,15-16,22H,6,9,14,17-18H2,1-2H3,(H2,31,35). The lowest BCUT2D eigenvalue weighted by Gasteiger charge is -2.31. The molecule has 0 saturated carbocycles. The van der Waals surface area contributed by atoms with Crippen molar-refractivity contribution in [1.82, 2.24) is 14.9 Å². The van der Waals surface area contributed by atoms with Crippen molar-refractivity contribution >= 4 is 23.0 Å². The summed E-state index contributed by atoms with van der Waals surface area (Å²) >= 11 is 0. The zero-order chi connectivity index (χ0) is 26.6. The quantitative estimate of drug-likeness (QED) is 0.381. The summed E-state index contributed by atoms with van der Waals surface area (Å²) in [7, 11) is 1.56. The number of carbonyl (C=O) groups excluding carboxylic acids is 2. The molecular formula is C30H30N4O4. The van der Waals surface area contributed by atoms with Crippen molar-refractivity contribution < 1.29 is 19.1 Å². The fourth-order valence-corrected chi connectivity index (χ4v) is 4.96. The largest absolute Gasteiger partial charge is 0.496 e. The molecule has 5 rings (SSSR count). The van der Waals surface area contributed by atoms with E-state index < -0.39 is 5.91 Å². The summed E-state index contributed by atoms with van der Waals surface area (Å²) in [5, 5.41) is 0.915. The molecule has 8 heteroatoms. The molecule has 1 unspecified atom stereocenters. The number of likely N-dealkylation sites (tertiary alicyclic amines) is 1. The molecule has 4 aromatic rings. The van der Waals surface area contributed by atoms with Crippen LogP contribution in [0, 0.1) is 6.92 Å². The van der Waals surface area contributed by atoms with Gasteiger partial charge in [0.15, 0.2) is 5.65 Å². The number of rotatable bonds is 6. The molecule has 1 atom stereocenters. The van der Waals surface area contributed by atoms with E-state index in [1.807, 2.05) is 61.5 Å². The van der Waals surface area contributed by atoms with E-state index in [-0.39, 0.29) is 18.6 Å². The van der Waals surface area contributed by atoms with Crippen LogP contribution < -0.4 is 10.5 Å². The Hall–Kier alpha value is -4.46. The highest BCUT2D eigenvalue weighted by atomic mass is 16.6. The number of amides is 2. The molecule has 3 heterocycles. The Morgan fingerprint density at radius 1 is 1.05 bits per heavy atom. The summed E-state index contributed by atoms with van der Waals surface area (Å²) in [4.78, 5) is 36.0. The Balaban J connectivity index is 1.37. The van der Waals surface area contributed by atoms with Gasteiger partial charge in [0.25, 0.3) is 0 Å². The van der Waals surface area contributed by atoms with Crippen LogP contribution in [0.15, 0.2) is 66.7 Å². The summed E-state index contributed by atoms with van der Waals surface area (Å²) < 4.78 is 11.1. The van der Waals surface area contributed by atoms with Crippen LogP contribution in [0.3, 0.4) is 0 Å². The highest BCUT2D eigenvalue weighted by molar-refractivity contribution is 5.95. The second kappa shape index (κ2) is 10.9. The molecular weight excluding hydrogens is 480 g/mol. The third-order valence-electron chi connectivity index (χ3n) is 6.94. The average Bonchev–Trinajstić information content (AvgIpc) is 2.95. The summed E-state index contributed by atoms with van der Waals surface area (Å²) in [5.74, 6) is 0.106. The number of fused-ring (bicyclic) bond motifs is 1. The molecule has 0 aliphatic carbocycles. The van der Waals surface area contributed by atoms with Gasteiger partial charge in [0.05, 0.1) is 12.8 Å². The van der Waals surface area contributed by atoms with Crippen molar-refractivity contribution in [2.24, 2.45) is 5.73 Å². The van der Waals surface area contributed by atoms with Crippen LogP contribution in [0.1, 0.15) is 45.9 Å². The van der Waals surface area contributed by atoms with Gasteiger partial charge in [0, 0.05) is 41.2 Å². The molecule has 0 bridgehead atoms. The Bertz CT molecular complexity index is 1490. The van der Waals surface area contributed by atoms with Gasteiger partial charge < -0.3 is 20.1 Å². The van der Waals surface area contributed by atoms with E-state index in [1.165, 1.54) is 0 Å². The van der Waals surface area contributed by atoms with Crippen LogP contribution in [0.2, 0.25) is 0 Å². The Morgan fingerprint density at radius 2 is 1.84 bits per heavy atom. The van der Waals surface area contributed by atoms with Gasteiger partial charge >= 0.3 is 6.09 Å². The number of aromatic nitrogens is 2. The van der Waals surface area contributed by atoms with Crippen LogP contribution in [0.5, 0.6) is 5.75 Å².